The summed E-state index contributed by atoms with van der Waals surface area (Å²) in [5, 5.41) is 5.90. The van der Waals surface area contributed by atoms with Crippen molar-refractivity contribution in [3.63, 3.8) is 0 Å². The Bertz CT molecular complexity index is 888. The van der Waals surface area contributed by atoms with E-state index in [-0.39, 0.29) is 5.56 Å². The van der Waals surface area contributed by atoms with Crippen molar-refractivity contribution in [3.8, 4) is 5.75 Å². The summed E-state index contributed by atoms with van der Waals surface area (Å²) in [6.45, 7) is 6.21. The molecule has 2 heterocycles. The molecule has 2 aromatic rings. The van der Waals surface area contributed by atoms with Gasteiger partial charge in [-0.15, -0.1) is 0 Å². The molecule has 28 heavy (non-hydrogen) atoms. The summed E-state index contributed by atoms with van der Waals surface area (Å²) in [4.78, 5) is 32.1. The van der Waals surface area contributed by atoms with Gasteiger partial charge in [-0.05, 0) is 38.2 Å². The van der Waals surface area contributed by atoms with Crippen LogP contribution in [0, 0.1) is 0 Å². The van der Waals surface area contributed by atoms with Crippen LogP contribution in [0.3, 0.4) is 0 Å². The highest BCUT2D eigenvalue weighted by atomic mass is 16.5. The molecule has 1 fully saturated rings. The molecule has 0 aliphatic carbocycles. The zero-order valence-corrected chi connectivity index (χ0v) is 16.5. The molecule has 150 valence electrons. The Kier molecular flexibility index (Phi) is 6.20. The maximum absolute atomic E-state index is 12.8. The first kappa shape index (κ1) is 19.8. The molecule has 0 bridgehead atoms. The number of ether oxygens (including phenoxy) is 1. The summed E-state index contributed by atoms with van der Waals surface area (Å²) in [7, 11) is 3.74. The van der Waals surface area contributed by atoms with Crippen LogP contribution in [-0.2, 0) is 0 Å². The predicted octanol–water partition coefficient (Wildman–Crippen LogP) is 1.82. The number of likely N-dealkylation sites (N-methyl/N-ethyl adjacent to an activating group) is 1. The topological polar surface area (TPSA) is 89.7 Å². The van der Waals surface area contributed by atoms with Gasteiger partial charge in [0.05, 0.1) is 18.5 Å². The predicted molar refractivity (Wildman–Crippen MR) is 112 cm³/mol. The molecule has 1 aliphatic heterocycles. The molecule has 0 atom stereocenters. The number of nitrogens with zero attached hydrogens (tertiary/aromatic N) is 2. The van der Waals surface area contributed by atoms with Gasteiger partial charge in [-0.3, -0.25) is 9.59 Å². The Morgan fingerprint density at radius 3 is 2.64 bits per heavy atom. The summed E-state index contributed by atoms with van der Waals surface area (Å²) in [6.07, 6.45) is 1.52. The Morgan fingerprint density at radius 2 is 1.96 bits per heavy atom. The molecule has 1 amide bonds. The van der Waals surface area contributed by atoms with Crippen LogP contribution in [0.4, 0.5) is 17.1 Å². The van der Waals surface area contributed by atoms with E-state index >= 15 is 0 Å². The molecule has 1 aromatic heterocycles. The average molecular weight is 385 g/mol. The van der Waals surface area contributed by atoms with Crippen molar-refractivity contribution in [1.82, 2.24) is 9.88 Å². The first-order valence-corrected chi connectivity index (χ1v) is 9.42. The lowest BCUT2D eigenvalue weighted by Crippen LogP contribution is -2.44. The molecule has 0 unspecified atom stereocenters. The standard InChI is InChI=1S/C20H27N5O3/c1-4-21-15-7-8-22-19(26)18(15)20(27)23-14-5-6-17(28-3)16(13-14)25-11-9-24(2)10-12-25/h5-8,13H,4,9-12H2,1-3H3,(H,23,27)(H2,21,22,26). The van der Waals surface area contributed by atoms with Gasteiger partial charge in [0.25, 0.3) is 11.5 Å². The first-order valence-electron chi connectivity index (χ1n) is 9.42. The van der Waals surface area contributed by atoms with Gasteiger partial charge in [0.2, 0.25) is 0 Å². The van der Waals surface area contributed by atoms with Crippen molar-refractivity contribution in [2.75, 3.05) is 62.4 Å². The van der Waals surface area contributed by atoms with Crippen molar-refractivity contribution in [2.45, 2.75) is 6.92 Å². The van der Waals surface area contributed by atoms with Crippen LogP contribution in [0.15, 0.2) is 35.3 Å². The largest absolute Gasteiger partial charge is 0.495 e. The number of methoxy groups -OCH3 is 1. The molecule has 0 saturated carbocycles. The van der Waals surface area contributed by atoms with Crippen LogP contribution in [0.2, 0.25) is 0 Å². The number of hydrogen-bond acceptors (Lipinski definition) is 6. The molecule has 1 saturated heterocycles. The fraction of sp³-hybridized carbons (Fsp3) is 0.400. The third kappa shape index (κ3) is 4.28. The summed E-state index contributed by atoms with van der Waals surface area (Å²) in [5.41, 5.74) is 1.70. The third-order valence-corrected chi connectivity index (χ3v) is 4.84. The average Bonchev–Trinajstić information content (AvgIpc) is 2.69. The number of H-pyrrole nitrogens is 1. The van der Waals surface area contributed by atoms with Gasteiger partial charge < -0.3 is 30.2 Å². The van der Waals surface area contributed by atoms with Gasteiger partial charge in [-0.1, -0.05) is 0 Å². The Labute approximate surface area is 164 Å². The number of piperazine rings is 1. The molecule has 3 rings (SSSR count). The van der Waals surface area contributed by atoms with Gasteiger partial charge >= 0.3 is 0 Å². The van der Waals surface area contributed by atoms with Crippen LogP contribution in [0.25, 0.3) is 0 Å². The molecule has 0 radical (unpaired) electrons. The number of amides is 1. The van der Waals surface area contributed by atoms with E-state index in [1.807, 2.05) is 19.1 Å². The Hall–Kier alpha value is -3.00. The van der Waals surface area contributed by atoms with Crippen molar-refractivity contribution in [1.29, 1.82) is 0 Å². The van der Waals surface area contributed by atoms with Crippen LogP contribution >= 0.6 is 0 Å². The minimum atomic E-state index is -0.452. The second-order valence-corrected chi connectivity index (χ2v) is 6.76. The Morgan fingerprint density at radius 1 is 1.21 bits per heavy atom. The van der Waals surface area contributed by atoms with Gasteiger partial charge in [0.15, 0.2) is 0 Å². The number of nitrogens with one attached hydrogen (secondary N) is 3. The molecule has 8 heteroatoms. The number of pyridine rings is 1. The lowest BCUT2D eigenvalue weighted by atomic mass is 10.1. The number of aromatic nitrogens is 1. The molecule has 8 nitrogen and oxygen atoms in total. The van der Waals surface area contributed by atoms with Crippen LogP contribution in [0.5, 0.6) is 5.75 Å². The monoisotopic (exact) mass is 385 g/mol. The van der Waals surface area contributed by atoms with E-state index in [1.54, 1.807) is 19.2 Å². The number of anilines is 3. The summed E-state index contributed by atoms with van der Waals surface area (Å²) < 4.78 is 5.51. The van der Waals surface area contributed by atoms with Crippen molar-refractivity contribution >= 4 is 23.0 Å². The van der Waals surface area contributed by atoms with E-state index < -0.39 is 11.5 Å². The van der Waals surface area contributed by atoms with Crippen LogP contribution in [-0.4, -0.2) is 62.7 Å². The SMILES string of the molecule is CCNc1cc[nH]c(=O)c1C(=O)Nc1ccc(OC)c(N2CCN(C)CC2)c1. The third-order valence-electron chi connectivity index (χ3n) is 4.84. The van der Waals surface area contributed by atoms with E-state index in [0.717, 1.165) is 37.6 Å². The van der Waals surface area contributed by atoms with E-state index in [0.29, 0.717) is 17.9 Å². The molecule has 3 N–H and O–H groups in total. The number of benzene rings is 1. The fourth-order valence-corrected chi connectivity index (χ4v) is 3.30. The molecule has 1 aliphatic rings. The Balaban J connectivity index is 1.86. The summed E-state index contributed by atoms with van der Waals surface area (Å²) in [6, 6.07) is 7.19. The normalized spacial score (nSPS) is 14.6. The zero-order valence-electron chi connectivity index (χ0n) is 16.5. The number of hydrogen-bond donors (Lipinski definition) is 3. The second-order valence-electron chi connectivity index (χ2n) is 6.76. The highest BCUT2D eigenvalue weighted by molar-refractivity contribution is 6.08. The van der Waals surface area contributed by atoms with Crippen molar-refractivity contribution in [2.24, 2.45) is 0 Å². The maximum Gasteiger partial charge on any atom is 0.263 e. The summed E-state index contributed by atoms with van der Waals surface area (Å²) >= 11 is 0. The van der Waals surface area contributed by atoms with E-state index in [2.05, 4.69) is 32.5 Å². The van der Waals surface area contributed by atoms with E-state index in [1.165, 1.54) is 6.20 Å². The van der Waals surface area contributed by atoms with Crippen molar-refractivity contribution < 1.29 is 9.53 Å². The molecular formula is C20H27N5O3. The van der Waals surface area contributed by atoms with Crippen LogP contribution < -0.4 is 25.8 Å². The zero-order chi connectivity index (χ0) is 20.1. The van der Waals surface area contributed by atoms with Gasteiger partial charge in [-0.25, -0.2) is 0 Å². The second kappa shape index (κ2) is 8.79. The van der Waals surface area contributed by atoms with Crippen molar-refractivity contribution in [3.05, 3.63) is 46.4 Å². The lowest BCUT2D eigenvalue weighted by molar-refractivity contribution is 0.102. The van der Waals surface area contributed by atoms with E-state index in [4.69, 9.17) is 4.74 Å². The minimum Gasteiger partial charge on any atom is -0.495 e. The number of rotatable bonds is 6. The molecular weight excluding hydrogens is 358 g/mol. The number of carbonyl (C=O) groups excluding carboxylic acids is 1. The lowest BCUT2D eigenvalue weighted by Gasteiger charge is -2.34. The summed E-state index contributed by atoms with van der Waals surface area (Å²) in [5.74, 6) is 0.306. The quantitative estimate of drug-likeness (QED) is 0.703. The number of aromatic amines is 1. The highest BCUT2D eigenvalue weighted by Crippen LogP contribution is 2.32. The maximum atomic E-state index is 12.8. The van der Waals surface area contributed by atoms with Gasteiger partial charge in [-0.2, -0.15) is 0 Å². The van der Waals surface area contributed by atoms with E-state index in [9.17, 15) is 9.59 Å². The highest BCUT2D eigenvalue weighted by Gasteiger charge is 2.20. The molecule has 1 aromatic carbocycles. The van der Waals surface area contributed by atoms with Gasteiger partial charge in [0, 0.05) is 44.6 Å². The minimum absolute atomic E-state index is 0.0707. The molecule has 0 spiro atoms. The number of carbonyl (C=O) groups is 1. The first-order chi connectivity index (χ1) is 13.5. The smallest absolute Gasteiger partial charge is 0.263 e. The fourth-order valence-electron chi connectivity index (χ4n) is 3.30. The van der Waals surface area contributed by atoms with Gasteiger partial charge in [0.1, 0.15) is 11.3 Å². The van der Waals surface area contributed by atoms with Crippen LogP contribution in [0.1, 0.15) is 17.3 Å².